The molecule has 158 valence electrons. The first kappa shape index (κ1) is 21.3. The maximum atomic E-state index is 13.5. The number of alkyl halides is 3. The number of fused-ring (bicyclic) bond motifs is 1. The van der Waals surface area contributed by atoms with Crippen LogP contribution in [0.2, 0.25) is 5.02 Å². The molecule has 31 heavy (non-hydrogen) atoms. The van der Waals surface area contributed by atoms with Gasteiger partial charge in [-0.15, -0.1) is 0 Å². The smallest absolute Gasteiger partial charge is 0.247 e. The third-order valence-electron chi connectivity index (χ3n) is 4.87. The standard InChI is InChI=1S/C23H15ClF3NO2S/c1-31(29,30)19-13-11-16(14-6-3-2-4-7-14)21(24)20(19)18-12-10-15-8-5-9-17(22(15)28-18)23(25,26)27/h2-13H,1H3. The molecule has 4 aromatic rings. The molecule has 1 aromatic heterocycles. The Hall–Kier alpha value is -2.90. The van der Waals surface area contributed by atoms with E-state index in [4.69, 9.17) is 11.6 Å². The molecule has 0 N–H and O–H groups in total. The normalized spacial score (nSPS) is 12.3. The van der Waals surface area contributed by atoms with Crippen molar-refractivity contribution in [3.05, 3.63) is 83.4 Å². The van der Waals surface area contributed by atoms with E-state index in [9.17, 15) is 21.6 Å². The van der Waals surface area contributed by atoms with Crippen LogP contribution in [0.1, 0.15) is 5.56 Å². The van der Waals surface area contributed by atoms with Crippen molar-refractivity contribution in [1.82, 2.24) is 4.98 Å². The summed E-state index contributed by atoms with van der Waals surface area (Å²) in [5.41, 5.74) is 0.245. The van der Waals surface area contributed by atoms with Crippen molar-refractivity contribution in [3.8, 4) is 22.4 Å². The largest absolute Gasteiger partial charge is 0.418 e. The zero-order chi connectivity index (χ0) is 22.4. The number of halogens is 4. The molecule has 3 nitrogen and oxygen atoms in total. The van der Waals surface area contributed by atoms with Crippen LogP contribution >= 0.6 is 11.6 Å². The minimum absolute atomic E-state index is 0.0485. The summed E-state index contributed by atoms with van der Waals surface area (Å²) in [6, 6.07) is 18.8. The van der Waals surface area contributed by atoms with Crippen LogP contribution in [0.25, 0.3) is 33.3 Å². The molecule has 0 aliphatic carbocycles. The molecular weight excluding hydrogens is 447 g/mol. The van der Waals surface area contributed by atoms with E-state index in [2.05, 4.69) is 4.98 Å². The van der Waals surface area contributed by atoms with Crippen LogP contribution in [0.5, 0.6) is 0 Å². The highest BCUT2D eigenvalue weighted by atomic mass is 35.5. The number of rotatable bonds is 3. The van der Waals surface area contributed by atoms with Crippen molar-refractivity contribution in [2.45, 2.75) is 11.1 Å². The van der Waals surface area contributed by atoms with Gasteiger partial charge in [0.15, 0.2) is 9.84 Å². The maximum absolute atomic E-state index is 13.5. The predicted octanol–water partition coefficient (Wildman–Crippen LogP) is 6.64. The fourth-order valence-corrected chi connectivity index (χ4v) is 4.78. The van der Waals surface area contributed by atoms with Crippen molar-refractivity contribution in [2.75, 3.05) is 6.26 Å². The zero-order valence-electron chi connectivity index (χ0n) is 16.1. The molecule has 0 aliphatic heterocycles. The molecule has 3 aromatic carbocycles. The van der Waals surface area contributed by atoms with Crippen LogP contribution in [0.15, 0.2) is 77.7 Å². The molecule has 0 aliphatic rings. The highest BCUT2D eigenvalue weighted by Crippen LogP contribution is 2.41. The molecule has 0 fully saturated rings. The summed E-state index contributed by atoms with van der Waals surface area (Å²) >= 11 is 6.64. The summed E-state index contributed by atoms with van der Waals surface area (Å²) in [4.78, 5) is 4.11. The highest BCUT2D eigenvalue weighted by Gasteiger charge is 2.33. The van der Waals surface area contributed by atoms with E-state index in [0.29, 0.717) is 5.56 Å². The van der Waals surface area contributed by atoms with Gasteiger partial charge in [0.05, 0.1) is 26.7 Å². The molecule has 8 heteroatoms. The molecule has 0 spiro atoms. The lowest BCUT2D eigenvalue weighted by Gasteiger charge is -2.16. The van der Waals surface area contributed by atoms with Gasteiger partial charge >= 0.3 is 6.18 Å². The summed E-state index contributed by atoms with van der Waals surface area (Å²) in [5, 5.41) is 0.389. The number of hydrogen-bond donors (Lipinski definition) is 0. The molecule has 0 unspecified atom stereocenters. The summed E-state index contributed by atoms with van der Waals surface area (Å²) in [6.45, 7) is 0. The van der Waals surface area contributed by atoms with E-state index in [-0.39, 0.29) is 32.1 Å². The van der Waals surface area contributed by atoms with Gasteiger partial charge in [0.2, 0.25) is 0 Å². The molecule has 0 saturated carbocycles. The second-order valence-corrected chi connectivity index (χ2v) is 9.37. The SMILES string of the molecule is CS(=O)(=O)c1ccc(-c2ccccc2)c(Cl)c1-c1ccc2cccc(C(F)(F)F)c2n1. The van der Waals surface area contributed by atoms with Crippen molar-refractivity contribution >= 4 is 32.3 Å². The van der Waals surface area contributed by atoms with Gasteiger partial charge in [-0.25, -0.2) is 13.4 Å². The molecule has 4 rings (SSSR count). The Morgan fingerprint density at radius 1 is 0.871 bits per heavy atom. The lowest BCUT2D eigenvalue weighted by Crippen LogP contribution is -2.07. The fraction of sp³-hybridized carbons (Fsp3) is 0.0870. The van der Waals surface area contributed by atoms with Crippen molar-refractivity contribution in [3.63, 3.8) is 0 Å². The fourth-order valence-electron chi connectivity index (χ4n) is 3.46. The van der Waals surface area contributed by atoms with Gasteiger partial charge in [0.25, 0.3) is 0 Å². The van der Waals surface area contributed by atoms with Crippen LogP contribution in [-0.4, -0.2) is 19.7 Å². The number of sulfone groups is 1. The van der Waals surface area contributed by atoms with Crippen LogP contribution in [0.4, 0.5) is 13.2 Å². The Morgan fingerprint density at radius 2 is 1.58 bits per heavy atom. The molecule has 0 atom stereocenters. The lowest BCUT2D eigenvalue weighted by molar-refractivity contribution is -0.136. The molecular formula is C23H15ClF3NO2S. The lowest BCUT2D eigenvalue weighted by atomic mass is 10.00. The first-order valence-corrected chi connectivity index (χ1v) is 11.4. The molecule has 0 saturated heterocycles. The van der Waals surface area contributed by atoms with E-state index >= 15 is 0 Å². The van der Waals surface area contributed by atoms with Crippen LogP contribution in [0.3, 0.4) is 0 Å². The number of aromatic nitrogens is 1. The van der Waals surface area contributed by atoms with E-state index in [1.54, 1.807) is 30.3 Å². The van der Waals surface area contributed by atoms with Gasteiger partial charge in [-0.1, -0.05) is 66.2 Å². The Bertz CT molecular complexity index is 1400. The Balaban J connectivity index is 2.06. The molecule has 0 radical (unpaired) electrons. The van der Waals surface area contributed by atoms with Crippen molar-refractivity contribution < 1.29 is 21.6 Å². The minimum atomic E-state index is -4.61. The van der Waals surface area contributed by atoms with Crippen molar-refractivity contribution in [2.24, 2.45) is 0 Å². The number of benzene rings is 3. The molecule has 0 bridgehead atoms. The monoisotopic (exact) mass is 461 g/mol. The highest BCUT2D eigenvalue weighted by molar-refractivity contribution is 7.90. The molecule has 1 heterocycles. The van der Waals surface area contributed by atoms with E-state index < -0.39 is 21.6 Å². The van der Waals surface area contributed by atoms with Crippen LogP contribution in [-0.2, 0) is 16.0 Å². The quantitative estimate of drug-likeness (QED) is 0.343. The third-order valence-corrected chi connectivity index (χ3v) is 6.40. The van der Waals surface area contributed by atoms with Gasteiger partial charge in [-0.3, -0.25) is 0 Å². The van der Waals surface area contributed by atoms with E-state index in [0.717, 1.165) is 17.9 Å². The zero-order valence-corrected chi connectivity index (χ0v) is 17.7. The topological polar surface area (TPSA) is 47.0 Å². The summed E-state index contributed by atoms with van der Waals surface area (Å²) in [5.74, 6) is 0. The van der Waals surface area contributed by atoms with Gasteiger partial charge < -0.3 is 0 Å². The Labute approximate surface area is 182 Å². The number of nitrogens with zero attached hydrogens (tertiary/aromatic N) is 1. The first-order chi connectivity index (χ1) is 14.6. The van der Waals surface area contributed by atoms with Gasteiger partial charge in [-0.05, 0) is 23.8 Å². The summed E-state index contributed by atoms with van der Waals surface area (Å²) < 4.78 is 65.5. The second-order valence-electron chi connectivity index (χ2n) is 7.01. The minimum Gasteiger partial charge on any atom is -0.247 e. The van der Waals surface area contributed by atoms with E-state index in [1.807, 2.05) is 6.07 Å². The van der Waals surface area contributed by atoms with Gasteiger partial charge in [0, 0.05) is 22.8 Å². The number of para-hydroxylation sites is 1. The maximum Gasteiger partial charge on any atom is 0.418 e. The second kappa shape index (κ2) is 7.66. The Kier molecular flexibility index (Phi) is 5.27. The number of pyridine rings is 1. The summed E-state index contributed by atoms with van der Waals surface area (Å²) in [7, 11) is -3.74. The van der Waals surface area contributed by atoms with Crippen molar-refractivity contribution in [1.29, 1.82) is 0 Å². The van der Waals surface area contributed by atoms with Crippen LogP contribution in [0, 0.1) is 0 Å². The Morgan fingerprint density at radius 3 is 2.23 bits per heavy atom. The predicted molar refractivity (Wildman–Crippen MR) is 116 cm³/mol. The number of hydrogen-bond acceptors (Lipinski definition) is 3. The van der Waals surface area contributed by atoms with Gasteiger partial charge in [-0.2, -0.15) is 13.2 Å². The van der Waals surface area contributed by atoms with Gasteiger partial charge in [0.1, 0.15) is 0 Å². The third kappa shape index (κ3) is 4.03. The first-order valence-electron chi connectivity index (χ1n) is 9.12. The molecule has 0 amide bonds. The summed E-state index contributed by atoms with van der Waals surface area (Å²) in [6.07, 6.45) is -3.59. The average molecular weight is 462 g/mol. The van der Waals surface area contributed by atoms with E-state index in [1.165, 1.54) is 30.3 Å². The van der Waals surface area contributed by atoms with Crippen LogP contribution < -0.4 is 0 Å². The average Bonchev–Trinajstić information content (AvgIpc) is 2.72.